The normalized spacial score (nSPS) is 12.0. The second-order valence-corrected chi connectivity index (χ2v) is 11.3. The second-order valence-electron chi connectivity index (χ2n) is 9.35. The van der Waals surface area contributed by atoms with Crippen LogP contribution in [0.4, 0.5) is 0 Å². The molecule has 4 rings (SSSR count). The number of hydrogen-bond acceptors (Lipinski definition) is 6. The highest BCUT2D eigenvalue weighted by molar-refractivity contribution is 7.89. The average Bonchev–Trinajstić information content (AvgIpc) is 2.98. The molecular formula is C31H32N4O5S. The Balaban J connectivity index is 1.51. The summed E-state index contributed by atoms with van der Waals surface area (Å²) in [5.41, 5.74) is 8.14. The first-order chi connectivity index (χ1) is 19.8. The lowest BCUT2D eigenvalue weighted by atomic mass is 10.0. The molecule has 0 unspecified atom stereocenters. The molecule has 0 saturated heterocycles. The highest BCUT2D eigenvalue weighted by atomic mass is 32.2. The lowest BCUT2D eigenvalue weighted by molar-refractivity contribution is -0.119. The van der Waals surface area contributed by atoms with Crippen LogP contribution in [-0.2, 0) is 34.3 Å². The summed E-state index contributed by atoms with van der Waals surface area (Å²) in [4.78, 5) is 29.1. The Morgan fingerprint density at radius 2 is 1.54 bits per heavy atom. The van der Waals surface area contributed by atoms with Gasteiger partial charge in [-0.3, -0.25) is 14.6 Å². The van der Waals surface area contributed by atoms with E-state index in [9.17, 15) is 18.0 Å². The van der Waals surface area contributed by atoms with E-state index >= 15 is 0 Å². The van der Waals surface area contributed by atoms with Gasteiger partial charge < -0.3 is 15.8 Å². The van der Waals surface area contributed by atoms with Gasteiger partial charge >= 0.3 is 0 Å². The molecule has 1 atom stereocenters. The van der Waals surface area contributed by atoms with Gasteiger partial charge in [-0.05, 0) is 66.1 Å². The zero-order valence-electron chi connectivity index (χ0n) is 22.6. The minimum Gasteiger partial charge on any atom is -0.494 e. The maximum atomic E-state index is 13.7. The van der Waals surface area contributed by atoms with E-state index in [0.717, 1.165) is 11.1 Å². The van der Waals surface area contributed by atoms with Crippen LogP contribution in [-0.4, -0.2) is 42.2 Å². The van der Waals surface area contributed by atoms with E-state index in [1.165, 1.54) is 16.4 Å². The van der Waals surface area contributed by atoms with Crippen molar-refractivity contribution in [2.45, 2.75) is 37.4 Å². The quantitative estimate of drug-likeness (QED) is 0.251. The molecule has 0 radical (unpaired) electrons. The van der Waals surface area contributed by atoms with Crippen LogP contribution in [0.2, 0.25) is 0 Å². The maximum absolute atomic E-state index is 13.7. The molecule has 0 aliphatic rings. The lowest BCUT2D eigenvalue weighted by Gasteiger charge is -2.23. The van der Waals surface area contributed by atoms with E-state index in [-0.39, 0.29) is 24.4 Å². The summed E-state index contributed by atoms with van der Waals surface area (Å²) in [5, 5.41) is 2.70. The van der Waals surface area contributed by atoms with Crippen molar-refractivity contribution in [2.75, 3.05) is 6.61 Å². The van der Waals surface area contributed by atoms with Crippen molar-refractivity contribution in [3.8, 4) is 5.75 Å². The van der Waals surface area contributed by atoms with Gasteiger partial charge in [0.2, 0.25) is 15.9 Å². The largest absolute Gasteiger partial charge is 0.494 e. The molecule has 2 amide bonds. The van der Waals surface area contributed by atoms with Crippen LogP contribution in [0.15, 0.2) is 108 Å². The Kier molecular flexibility index (Phi) is 9.83. The van der Waals surface area contributed by atoms with Gasteiger partial charge in [0.1, 0.15) is 11.8 Å². The molecule has 0 bridgehead atoms. The minimum atomic E-state index is -3.89. The summed E-state index contributed by atoms with van der Waals surface area (Å²) in [6.07, 6.45) is 3.52. The van der Waals surface area contributed by atoms with Crippen LogP contribution in [0.5, 0.6) is 5.75 Å². The van der Waals surface area contributed by atoms with Crippen molar-refractivity contribution in [1.82, 2.24) is 14.6 Å². The van der Waals surface area contributed by atoms with E-state index in [1.807, 2.05) is 43.3 Å². The predicted octanol–water partition coefficient (Wildman–Crippen LogP) is 3.70. The molecule has 1 heterocycles. The Morgan fingerprint density at radius 3 is 2.15 bits per heavy atom. The van der Waals surface area contributed by atoms with Gasteiger partial charge in [0.15, 0.2) is 0 Å². The SMILES string of the molecule is CCOc1ccc(S(=O)(=O)N(Cc2ccc(C(=O)N[C@@H](Cc3ccccc3)C(N)=O)cc2)Cc2cccnc2)cc1. The number of carbonyl (C=O) groups excluding carboxylic acids is 2. The van der Waals surface area contributed by atoms with Crippen LogP contribution in [0, 0.1) is 0 Å². The fourth-order valence-electron chi connectivity index (χ4n) is 4.22. The van der Waals surface area contributed by atoms with E-state index in [1.54, 1.807) is 54.9 Å². The third-order valence-electron chi connectivity index (χ3n) is 6.36. The third kappa shape index (κ3) is 8.00. The monoisotopic (exact) mass is 572 g/mol. The molecule has 0 aliphatic heterocycles. The number of nitrogens with two attached hydrogens (primary N) is 1. The van der Waals surface area contributed by atoms with Gasteiger partial charge in [-0.15, -0.1) is 0 Å². The number of pyridine rings is 1. The summed E-state index contributed by atoms with van der Waals surface area (Å²) in [6.45, 7) is 2.50. The maximum Gasteiger partial charge on any atom is 0.251 e. The summed E-state index contributed by atoms with van der Waals surface area (Å²) in [5.74, 6) is -0.503. The number of amides is 2. The molecule has 0 aliphatic carbocycles. The first-order valence-electron chi connectivity index (χ1n) is 13.1. The molecule has 3 N–H and O–H groups in total. The van der Waals surface area contributed by atoms with E-state index in [0.29, 0.717) is 23.5 Å². The number of aromatic nitrogens is 1. The molecule has 9 nitrogen and oxygen atoms in total. The van der Waals surface area contributed by atoms with Gasteiger partial charge in [0, 0.05) is 37.5 Å². The fraction of sp³-hybridized carbons (Fsp3) is 0.194. The average molecular weight is 573 g/mol. The number of hydrogen-bond donors (Lipinski definition) is 2. The smallest absolute Gasteiger partial charge is 0.251 e. The van der Waals surface area contributed by atoms with Crippen molar-refractivity contribution in [1.29, 1.82) is 0 Å². The zero-order chi connectivity index (χ0) is 29.2. The molecule has 10 heteroatoms. The first-order valence-corrected chi connectivity index (χ1v) is 14.5. The number of rotatable bonds is 13. The Morgan fingerprint density at radius 1 is 0.878 bits per heavy atom. The topological polar surface area (TPSA) is 132 Å². The van der Waals surface area contributed by atoms with Crippen molar-refractivity contribution >= 4 is 21.8 Å². The number of carbonyl (C=O) groups is 2. The molecule has 41 heavy (non-hydrogen) atoms. The number of nitrogens with zero attached hydrogens (tertiary/aromatic N) is 2. The Labute approximate surface area is 240 Å². The van der Waals surface area contributed by atoms with Crippen LogP contribution < -0.4 is 15.8 Å². The second kappa shape index (κ2) is 13.7. The van der Waals surface area contributed by atoms with Crippen molar-refractivity contribution < 1.29 is 22.7 Å². The number of primary amides is 1. The van der Waals surface area contributed by atoms with Crippen molar-refractivity contribution in [3.05, 3.63) is 126 Å². The van der Waals surface area contributed by atoms with Gasteiger partial charge in [-0.25, -0.2) is 8.42 Å². The van der Waals surface area contributed by atoms with Gasteiger partial charge in [-0.1, -0.05) is 48.5 Å². The lowest BCUT2D eigenvalue weighted by Crippen LogP contribution is -2.45. The van der Waals surface area contributed by atoms with Crippen molar-refractivity contribution in [3.63, 3.8) is 0 Å². The molecule has 1 aromatic heterocycles. The summed E-state index contributed by atoms with van der Waals surface area (Å²) in [7, 11) is -3.89. The predicted molar refractivity (Wildman–Crippen MR) is 155 cm³/mol. The number of sulfonamides is 1. The van der Waals surface area contributed by atoms with Crippen LogP contribution >= 0.6 is 0 Å². The summed E-state index contributed by atoms with van der Waals surface area (Å²) < 4.78 is 34.2. The third-order valence-corrected chi connectivity index (χ3v) is 8.17. The molecule has 0 fully saturated rings. The fourth-order valence-corrected chi connectivity index (χ4v) is 5.64. The molecule has 212 valence electrons. The first kappa shape index (κ1) is 29.4. The standard InChI is InChI=1S/C31H32N4O5S/c1-2-40-27-14-16-28(17-15-27)41(38,39)35(22-25-9-6-18-33-20-25)21-24-10-12-26(13-11-24)31(37)34-29(30(32)36)19-23-7-4-3-5-8-23/h3-18,20,29H,2,19,21-22H2,1H3,(H2,32,36)(H,34,37)/t29-/m0/s1. The Hall–Kier alpha value is -4.54. The zero-order valence-corrected chi connectivity index (χ0v) is 23.5. The van der Waals surface area contributed by atoms with Crippen molar-refractivity contribution in [2.24, 2.45) is 5.73 Å². The number of ether oxygens (including phenoxy) is 1. The van der Waals surface area contributed by atoms with Gasteiger partial charge in [0.25, 0.3) is 5.91 Å². The van der Waals surface area contributed by atoms with Gasteiger partial charge in [-0.2, -0.15) is 4.31 Å². The van der Waals surface area contributed by atoms with E-state index < -0.39 is 27.9 Å². The van der Waals surface area contributed by atoms with Crippen LogP contribution in [0.1, 0.15) is 34.0 Å². The molecule has 4 aromatic rings. The van der Waals surface area contributed by atoms with E-state index in [4.69, 9.17) is 10.5 Å². The number of benzene rings is 3. The highest BCUT2D eigenvalue weighted by Crippen LogP contribution is 2.23. The Bertz CT molecular complexity index is 1550. The molecule has 0 saturated carbocycles. The van der Waals surface area contributed by atoms with Crippen LogP contribution in [0.3, 0.4) is 0 Å². The minimum absolute atomic E-state index is 0.0598. The summed E-state index contributed by atoms with van der Waals surface area (Å²) >= 11 is 0. The van der Waals surface area contributed by atoms with Crippen LogP contribution in [0.25, 0.3) is 0 Å². The molecule has 0 spiro atoms. The summed E-state index contributed by atoms with van der Waals surface area (Å²) in [6, 6.07) is 24.8. The van der Waals surface area contributed by atoms with E-state index in [2.05, 4.69) is 10.3 Å². The highest BCUT2D eigenvalue weighted by Gasteiger charge is 2.26. The van der Waals surface area contributed by atoms with Gasteiger partial charge in [0.05, 0.1) is 11.5 Å². The molecule has 3 aromatic carbocycles. The number of nitrogens with one attached hydrogen (secondary N) is 1. The molecular weight excluding hydrogens is 540 g/mol.